The highest BCUT2D eigenvalue weighted by Gasteiger charge is 2.52. The summed E-state index contributed by atoms with van der Waals surface area (Å²) in [5.74, 6) is 2.01. The third-order valence-electron chi connectivity index (χ3n) is 9.19. The Morgan fingerprint density at radius 3 is 2.07 bits per heavy atom. The zero-order valence-corrected chi connectivity index (χ0v) is 18.6. The number of hydrogen-bond donors (Lipinski definition) is 1. The summed E-state index contributed by atoms with van der Waals surface area (Å²) in [5.41, 5.74) is 1.51. The molecule has 0 radical (unpaired) electrons. The van der Waals surface area contributed by atoms with Crippen LogP contribution in [-0.4, -0.2) is 42.9 Å². The average molecular weight is 389 g/mol. The molecule has 1 N–H and O–H groups in total. The van der Waals surface area contributed by atoms with Gasteiger partial charge in [0, 0.05) is 31.5 Å². The van der Waals surface area contributed by atoms with Gasteiger partial charge in [-0.25, -0.2) is 0 Å². The van der Waals surface area contributed by atoms with Crippen LogP contribution in [0.2, 0.25) is 0 Å². The minimum absolute atomic E-state index is 0.427. The largest absolute Gasteiger partial charge is 0.317 e. The van der Waals surface area contributed by atoms with Gasteiger partial charge in [0.2, 0.25) is 0 Å². The second-order valence-corrected chi connectivity index (χ2v) is 11.0. The number of hydrogen-bond acceptors (Lipinski definition) is 3. The first-order valence-electron chi connectivity index (χ1n) is 12.5. The topological polar surface area (TPSA) is 32.3 Å². The molecule has 2 heterocycles. The lowest BCUT2D eigenvalue weighted by atomic mass is 9.56. The Labute approximate surface area is 173 Å². The molecule has 5 rings (SSSR count). The van der Waals surface area contributed by atoms with Gasteiger partial charge in [-0.05, 0) is 94.0 Å². The first-order chi connectivity index (χ1) is 13.6. The van der Waals surface area contributed by atoms with Crippen molar-refractivity contribution in [3.05, 3.63) is 0 Å². The van der Waals surface area contributed by atoms with Crippen molar-refractivity contribution in [3.63, 3.8) is 0 Å². The van der Waals surface area contributed by atoms with E-state index in [-0.39, 0.29) is 0 Å². The number of ketones is 1. The molecule has 160 valence electrons. The Kier molecular flexibility index (Phi) is 6.52. The fraction of sp³-hybridized carbons (Fsp3) is 0.960. The van der Waals surface area contributed by atoms with Crippen molar-refractivity contribution in [2.45, 2.75) is 103 Å². The van der Waals surface area contributed by atoms with Gasteiger partial charge in [-0.3, -0.25) is 9.69 Å². The van der Waals surface area contributed by atoms with Gasteiger partial charge >= 0.3 is 0 Å². The predicted octanol–water partition coefficient (Wildman–Crippen LogP) is 5.19. The average Bonchev–Trinajstić information content (AvgIpc) is 2.66. The number of nitrogens with zero attached hydrogens (tertiary/aromatic N) is 1. The molecule has 3 heteroatoms. The fourth-order valence-corrected chi connectivity index (χ4v) is 6.97. The Bertz CT molecular complexity index is 511. The van der Waals surface area contributed by atoms with Crippen LogP contribution in [0.4, 0.5) is 0 Å². The number of rotatable bonds is 4. The summed E-state index contributed by atoms with van der Waals surface area (Å²) in [6, 6.07) is 0.914. The van der Waals surface area contributed by atoms with E-state index in [1.54, 1.807) is 0 Å². The molecule has 5 fully saturated rings. The molecular weight excluding hydrogens is 344 g/mol. The minimum Gasteiger partial charge on any atom is -0.317 e. The number of nitrogens with one attached hydrogen (secondary N) is 1. The maximum Gasteiger partial charge on any atom is 0.135 e. The first kappa shape index (κ1) is 20.8. The maximum atomic E-state index is 11.5. The SMILES string of the molecule is CCC(=O)C1CCC2(CCC2)CC1.CCC1CC2(C1)CN(C1CCNCC1)C2. The summed E-state index contributed by atoms with van der Waals surface area (Å²) in [7, 11) is 0. The maximum absolute atomic E-state index is 11.5. The molecule has 28 heavy (non-hydrogen) atoms. The lowest BCUT2D eigenvalue weighted by molar-refractivity contribution is -0.124. The zero-order valence-electron chi connectivity index (χ0n) is 18.6. The van der Waals surface area contributed by atoms with E-state index in [9.17, 15) is 4.79 Å². The summed E-state index contributed by atoms with van der Waals surface area (Å²) >= 11 is 0. The van der Waals surface area contributed by atoms with Crippen LogP contribution in [0.25, 0.3) is 0 Å². The molecule has 0 bridgehead atoms. The van der Waals surface area contributed by atoms with Crippen molar-refractivity contribution in [2.75, 3.05) is 26.2 Å². The predicted molar refractivity (Wildman–Crippen MR) is 116 cm³/mol. The van der Waals surface area contributed by atoms with E-state index in [0.717, 1.165) is 23.8 Å². The third-order valence-corrected chi connectivity index (χ3v) is 9.19. The van der Waals surface area contributed by atoms with Crippen molar-refractivity contribution in [2.24, 2.45) is 22.7 Å². The van der Waals surface area contributed by atoms with E-state index in [1.165, 1.54) is 103 Å². The van der Waals surface area contributed by atoms with E-state index in [1.807, 2.05) is 6.92 Å². The van der Waals surface area contributed by atoms with Crippen LogP contribution in [0, 0.1) is 22.7 Å². The van der Waals surface area contributed by atoms with Crippen LogP contribution < -0.4 is 5.32 Å². The first-order valence-corrected chi connectivity index (χ1v) is 12.5. The Morgan fingerprint density at radius 1 is 0.929 bits per heavy atom. The molecule has 0 aromatic heterocycles. The van der Waals surface area contributed by atoms with Gasteiger partial charge in [-0.15, -0.1) is 0 Å². The van der Waals surface area contributed by atoms with E-state index in [0.29, 0.717) is 17.1 Å². The Balaban J connectivity index is 0.000000139. The molecule has 0 amide bonds. The summed E-state index contributed by atoms with van der Waals surface area (Å²) in [4.78, 5) is 14.2. The molecule has 2 aliphatic heterocycles. The Hall–Kier alpha value is -0.410. The van der Waals surface area contributed by atoms with Crippen molar-refractivity contribution in [3.8, 4) is 0 Å². The standard InChI is InChI=1S/C13H24N2.C12H20O/c1-2-11-7-13(8-11)9-15(10-13)12-3-5-14-6-4-12;1-2-11(13)10-4-8-12(9-5-10)6-3-7-12/h11-12,14H,2-10H2,1H3;10H,2-9H2,1H3. The van der Waals surface area contributed by atoms with E-state index >= 15 is 0 Å². The van der Waals surface area contributed by atoms with Gasteiger partial charge in [0.1, 0.15) is 5.78 Å². The lowest BCUT2D eigenvalue weighted by Crippen LogP contribution is -2.65. The van der Waals surface area contributed by atoms with Crippen molar-refractivity contribution < 1.29 is 4.79 Å². The van der Waals surface area contributed by atoms with Crippen molar-refractivity contribution in [1.82, 2.24) is 10.2 Å². The van der Waals surface area contributed by atoms with Crippen LogP contribution in [0.15, 0.2) is 0 Å². The number of likely N-dealkylation sites (tertiary alicyclic amines) is 1. The molecule has 3 nitrogen and oxygen atoms in total. The van der Waals surface area contributed by atoms with Gasteiger partial charge in [-0.2, -0.15) is 0 Å². The zero-order chi connectivity index (χ0) is 19.6. The second-order valence-electron chi connectivity index (χ2n) is 11.0. The monoisotopic (exact) mass is 388 g/mol. The van der Waals surface area contributed by atoms with Crippen LogP contribution in [0.5, 0.6) is 0 Å². The van der Waals surface area contributed by atoms with E-state index in [4.69, 9.17) is 0 Å². The van der Waals surface area contributed by atoms with Gasteiger partial charge in [-0.1, -0.05) is 26.7 Å². The Morgan fingerprint density at radius 2 is 1.57 bits per heavy atom. The van der Waals surface area contributed by atoms with Crippen LogP contribution >= 0.6 is 0 Å². The summed E-state index contributed by atoms with van der Waals surface area (Å²) in [6.45, 7) is 9.68. The number of carbonyl (C=O) groups excluding carboxylic acids is 1. The molecule has 2 spiro atoms. The smallest absolute Gasteiger partial charge is 0.135 e. The molecule has 0 atom stereocenters. The third kappa shape index (κ3) is 4.36. The molecule has 0 unspecified atom stereocenters. The lowest BCUT2D eigenvalue weighted by Gasteiger charge is -2.61. The molecule has 3 aliphatic carbocycles. The highest BCUT2D eigenvalue weighted by Crippen LogP contribution is 2.54. The van der Waals surface area contributed by atoms with Gasteiger partial charge < -0.3 is 5.32 Å². The quantitative estimate of drug-likeness (QED) is 0.719. The molecular formula is C25H44N2O. The molecule has 0 aromatic rings. The van der Waals surface area contributed by atoms with Crippen LogP contribution in [0.3, 0.4) is 0 Å². The van der Waals surface area contributed by atoms with Crippen LogP contribution in [0.1, 0.15) is 97.3 Å². The van der Waals surface area contributed by atoms with Gasteiger partial charge in [0.15, 0.2) is 0 Å². The fourth-order valence-electron chi connectivity index (χ4n) is 6.97. The summed E-state index contributed by atoms with van der Waals surface area (Å²) < 4.78 is 0. The molecule has 3 saturated carbocycles. The van der Waals surface area contributed by atoms with Gasteiger partial charge in [0.05, 0.1) is 0 Å². The molecule has 0 aromatic carbocycles. The van der Waals surface area contributed by atoms with Crippen LogP contribution in [-0.2, 0) is 4.79 Å². The van der Waals surface area contributed by atoms with Gasteiger partial charge in [0.25, 0.3) is 0 Å². The number of Topliss-reactive ketones (excluding diaryl/α,β-unsaturated/α-hetero) is 1. The molecule has 2 saturated heterocycles. The normalized spacial score (nSPS) is 32.0. The second kappa shape index (κ2) is 8.76. The number of piperidine rings is 1. The van der Waals surface area contributed by atoms with Crippen molar-refractivity contribution in [1.29, 1.82) is 0 Å². The summed E-state index contributed by atoms with van der Waals surface area (Å²) in [6.07, 6.45) is 17.4. The van der Waals surface area contributed by atoms with E-state index < -0.39 is 0 Å². The summed E-state index contributed by atoms with van der Waals surface area (Å²) in [5, 5.41) is 3.46. The highest BCUT2D eigenvalue weighted by atomic mass is 16.1. The highest BCUT2D eigenvalue weighted by molar-refractivity contribution is 5.80. The molecule has 5 aliphatic rings. The van der Waals surface area contributed by atoms with Crippen molar-refractivity contribution >= 4 is 5.78 Å². The minimum atomic E-state index is 0.427. The van der Waals surface area contributed by atoms with E-state index in [2.05, 4.69) is 17.1 Å². The number of carbonyl (C=O) groups is 1.